The molecular weight excluding hydrogens is 376 g/mol. The van der Waals surface area contributed by atoms with Crippen molar-refractivity contribution in [3.05, 3.63) is 0 Å². The number of unbranched alkanes of at least 4 members (excludes halogenated alkanes) is 2. The van der Waals surface area contributed by atoms with Crippen LogP contribution in [0.25, 0.3) is 0 Å². The maximum atomic E-state index is 10.5. The highest BCUT2D eigenvalue weighted by Crippen LogP contribution is 2.48. The molecule has 1 nitrogen and oxygen atoms in total. The molecular formula is C10H19Br3O. The van der Waals surface area contributed by atoms with E-state index in [2.05, 4.69) is 61.6 Å². The Morgan fingerprint density at radius 2 is 1.29 bits per heavy atom. The third-order valence-corrected chi connectivity index (χ3v) is 4.63. The Hall–Kier alpha value is 1.40. The molecule has 0 aliphatic carbocycles. The quantitative estimate of drug-likeness (QED) is 0.633. The van der Waals surface area contributed by atoms with E-state index in [1.54, 1.807) is 0 Å². The number of aliphatic hydroxyl groups is 1. The van der Waals surface area contributed by atoms with Gasteiger partial charge in [-0.3, -0.25) is 0 Å². The van der Waals surface area contributed by atoms with Gasteiger partial charge in [-0.2, -0.15) is 0 Å². The lowest BCUT2D eigenvalue weighted by Gasteiger charge is -2.36. The van der Waals surface area contributed by atoms with Gasteiger partial charge >= 0.3 is 0 Å². The fraction of sp³-hybridized carbons (Fsp3) is 1.00. The zero-order valence-corrected chi connectivity index (χ0v) is 13.6. The van der Waals surface area contributed by atoms with Crippen LogP contribution in [0.1, 0.15) is 52.4 Å². The molecule has 0 atom stereocenters. The van der Waals surface area contributed by atoms with Gasteiger partial charge in [0.2, 0.25) is 0 Å². The van der Waals surface area contributed by atoms with Gasteiger partial charge in [0.25, 0.3) is 0 Å². The molecule has 0 fully saturated rings. The second kappa shape index (κ2) is 6.87. The highest BCUT2D eigenvalue weighted by atomic mass is 80.0. The van der Waals surface area contributed by atoms with Crippen LogP contribution in [-0.2, 0) is 0 Å². The van der Waals surface area contributed by atoms with Crippen LogP contribution in [0.3, 0.4) is 0 Å². The Balaban J connectivity index is 4.33. The van der Waals surface area contributed by atoms with Crippen molar-refractivity contribution < 1.29 is 5.11 Å². The maximum Gasteiger partial charge on any atom is 0.163 e. The SMILES string of the molecule is CCCCC(O)(CCCC)C(Br)(Br)Br. The van der Waals surface area contributed by atoms with Gasteiger partial charge in [-0.1, -0.05) is 87.3 Å². The predicted molar refractivity (Wildman–Crippen MR) is 73.5 cm³/mol. The van der Waals surface area contributed by atoms with Crippen molar-refractivity contribution >= 4 is 47.8 Å². The molecule has 0 aromatic carbocycles. The van der Waals surface area contributed by atoms with Crippen molar-refractivity contribution in [2.75, 3.05) is 0 Å². The Morgan fingerprint density at radius 3 is 1.50 bits per heavy atom. The van der Waals surface area contributed by atoms with Gasteiger partial charge < -0.3 is 5.11 Å². The molecule has 0 saturated heterocycles. The normalized spacial score (nSPS) is 13.3. The first-order valence-electron chi connectivity index (χ1n) is 5.16. The summed E-state index contributed by atoms with van der Waals surface area (Å²) in [5.41, 5.74) is -0.709. The molecule has 0 saturated carbocycles. The maximum absolute atomic E-state index is 10.5. The van der Waals surface area contributed by atoms with Crippen molar-refractivity contribution in [3.63, 3.8) is 0 Å². The second-order valence-electron chi connectivity index (χ2n) is 3.74. The molecule has 0 aliphatic heterocycles. The smallest absolute Gasteiger partial charge is 0.163 e. The topological polar surface area (TPSA) is 20.2 Å². The average Bonchev–Trinajstić information content (AvgIpc) is 2.09. The standard InChI is InChI=1S/C10H19Br3O/c1-3-5-7-9(14,8-6-4-2)10(11,12)13/h14H,3-8H2,1-2H3. The van der Waals surface area contributed by atoms with E-state index >= 15 is 0 Å². The molecule has 0 aromatic heterocycles. The Morgan fingerprint density at radius 1 is 0.929 bits per heavy atom. The molecule has 0 radical (unpaired) electrons. The first-order chi connectivity index (χ1) is 6.37. The summed E-state index contributed by atoms with van der Waals surface area (Å²) in [7, 11) is 0. The summed E-state index contributed by atoms with van der Waals surface area (Å²) >= 11 is 10.3. The van der Waals surface area contributed by atoms with E-state index in [-0.39, 0.29) is 0 Å². The number of hydrogen-bond acceptors (Lipinski definition) is 1. The molecule has 0 amide bonds. The fourth-order valence-electron chi connectivity index (χ4n) is 1.35. The first-order valence-corrected chi connectivity index (χ1v) is 7.54. The number of halogens is 3. The highest BCUT2D eigenvalue weighted by molar-refractivity contribution is 9.39. The molecule has 4 heteroatoms. The first kappa shape index (κ1) is 15.4. The second-order valence-corrected chi connectivity index (χ2v) is 10.5. The molecule has 14 heavy (non-hydrogen) atoms. The molecule has 0 bridgehead atoms. The summed E-state index contributed by atoms with van der Waals surface area (Å²) in [5, 5.41) is 10.5. The monoisotopic (exact) mass is 392 g/mol. The van der Waals surface area contributed by atoms with E-state index in [0.29, 0.717) is 0 Å². The van der Waals surface area contributed by atoms with E-state index < -0.39 is 7.74 Å². The minimum Gasteiger partial charge on any atom is -0.387 e. The summed E-state index contributed by atoms with van der Waals surface area (Å²) in [6.07, 6.45) is 5.93. The summed E-state index contributed by atoms with van der Waals surface area (Å²) in [6.45, 7) is 4.28. The van der Waals surface area contributed by atoms with Gasteiger partial charge in [0, 0.05) is 0 Å². The molecule has 0 aromatic rings. The van der Waals surface area contributed by atoms with Crippen LogP contribution in [-0.4, -0.2) is 12.9 Å². The average molecular weight is 395 g/mol. The predicted octanol–water partition coefficient (Wildman–Crippen LogP) is 4.94. The van der Waals surface area contributed by atoms with Crippen molar-refractivity contribution in [1.29, 1.82) is 0 Å². The van der Waals surface area contributed by atoms with Crippen molar-refractivity contribution in [1.82, 2.24) is 0 Å². The van der Waals surface area contributed by atoms with Crippen LogP contribution in [0.4, 0.5) is 0 Å². The van der Waals surface area contributed by atoms with Crippen LogP contribution in [0.15, 0.2) is 0 Å². The van der Waals surface area contributed by atoms with Crippen LogP contribution in [0.5, 0.6) is 0 Å². The summed E-state index contributed by atoms with van der Waals surface area (Å²) in [6, 6.07) is 0. The molecule has 1 N–H and O–H groups in total. The number of hydrogen-bond donors (Lipinski definition) is 1. The third kappa shape index (κ3) is 4.95. The van der Waals surface area contributed by atoms with E-state index in [1.165, 1.54) is 0 Å². The van der Waals surface area contributed by atoms with Crippen LogP contribution in [0.2, 0.25) is 0 Å². The van der Waals surface area contributed by atoms with E-state index in [1.807, 2.05) is 0 Å². The van der Waals surface area contributed by atoms with Gasteiger partial charge in [0.1, 0.15) is 0 Å². The van der Waals surface area contributed by atoms with Crippen LogP contribution < -0.4 is 0 Å². The molecule has 0 rings (SSSR count). The minimum absolute atomic E-state index is 0.551. The Kier molecular flexibility index (Phi) is 7.56. The Bertz CT molecular complexity index is 146. The lowest BCUT2D eigenvalue weighted by molar-refractivity contribution is 0.0321. The molecule has 0 heterocycles. The van der Waals surface area contributed by atoms with E-state index in [9.17, 15) is 5.11 Å². The number of rotatable bonds is 6. The van der Waals surface area contributed by atoms with Gasteiger partial charge in [-0.05, 0) is 12.8 Å². The van der Waals surface area contributed by atoms with Crippen LogP contribution >= 0.6 is 47.8 Å². The lowest BCUT2D eigenvalue weighted by atomic mass is 9.93. The minimum atomic E-state index is -0.709. The molecule has 86 valence electrons. The van der Waals surface area contributed by atoms with Crippen LogP contribution in [0, 0.1) is 0 Å². The zero-order chi connectivity index (χ0) is 11.2. The molecule has 0 spiro atoms. The zero-order valence-electron chi connectivity index (χ0n) is 8.82. The molecule has 0 aliphatic rings. The van der Waals surface area contributed by atoms with E-state index in [0.717, 1.165) is 38.5 Å². The van der Waals surface area contributed by atoms with Crippen molar-refractivity contribution in [2.45, 2.75) is 60.1 Å². The fourth-order valence-corrected chi connectivity index (χ4v) is 2.54. The van der Waals surface area contributed by atoms with Gasteiger partial charge in [-0.15, -0.1) is 0 Å². The van der Waals surface area contributed by atoms with E-state index in [4.69, 9.17) is 0 Å². The molecule has 0 unspecified atom stereocenters. The number of alkyl halides is 3. The van der Waals surface area contributed by atoms with Gasteiger partial charge in [0.15, 0.2) is 2.14 Å². The summed E-state index contributed by atoms with van der Waals surface area (Å²) < 4.78 is -0.551. The third-order valence-electron chi connectivity index (χ3n) is 2.42. The Labute approximate surface area is 112 Å². The lowest BCUT2D eigenvalue weighted by Crippen LogP contribution is -2.41. The highest BCUT2D eigenvalue weighted by Gasteiger charge is 2.43. The van der Waals surface area contributed by atoms with Crippen molar-refractivity contribution in [2.24, 2.45) is 0 Å². The summed E-state index contributed by atoms with van der Waals surface area (Å²) in [4.78, 5) is 0. The van der Waals surface area contributed by atoms with Gasteiger partial charge in [0.05, 0.1) is 5.60 Å². The van der Waals surface area contributed by atoms with Gasteiger partial charge in [-0.25, -0.2) is 0 Å². The summed E-state index contributed by atoms with van der Waals surface area (Å²) in [5.74, 6) is 0. The van der Waals surface area contributed by atoms with Crippen molar-refractivity contribution in [3.8, 4) is 0 Å². The largest absolute Gasteiger partial charge is 0.387 e.